The maximum absolute atomic E-state index is 10.5. The molecular formula is C8H12N2O2S. The summed E-state index contributed by atoms with van der Waals surface area (Å²) in [7, 11) is 0. The largest absolute Gasteiger partial charge is 0.481 e. The molecule has 1 atom stereocenters. The number of nitrogens with two attached hydrogens (primary N) is 1. The highest BCUT2D eigenvalue weighted by Gasteiger charge is 2.27. The second-order valence-electron chi connectivity index (χ2n) is 3.28. The fraction of sp³-hybridized carbons (Fsp3) is 0.500. The molecule has 1 aromatic rings. The Hall–Kier alpha value is -0.940. The van der Waals surface area contributed by atoms with Crippen LogP contribution < -0.4 is 5.73 Å². The lowest BCUT2D eigenvalue weighted by Gasteiger charge is -2.18. The van der Waals surface area contributed by atoms with E-state index in [9.17, 15) is 4.79 Å². The van der Waals surface area contributed by atoms with Gasteiger partial charge in [-0.05, 0) is 13.8 Å². The third kappa shape index (κ3) is 2.50. The van der Waals surface area contributed by atoms with Crippen molar-refractivity contribution < 1.29 is 9.90 Å². The smallest absolute Gasteiger partial charge is 0.305 e. The molecule has 0 saturated carbocycles. The van der Waals surface area contributed by atoms with Crippen LogP contribution in [0.25, 0.3) is 0 Å². The summed E-state index contributed by atoms with van der Waals surface area (Å²) >= 11 is 1.40. The minimum Gasteiger partial charge on any atom is -0.481 e. The summed E-state index contributed by atoms with van der Waals surface area (Å²) in [6.45, 7) is 3.54. The van der Waals surface area contributed by atoms with E-state index >= 15 is 0 Å². The van der Waals surface area contributed by atoms with E-state index in [2.05, 4.69) is 4.98 Å². The van der Waals surface area contributed by atoms with Crippen LogP contribution >= 0.6 is 11.3 Å². The van der Waals surface area contributed by atoms with E-state index in [1.165, 1.54) is 11.3 Å². The van der Waals surface area contributed by atoms with E-state index in [0.717, 1.165) is 5.69 Å². The number of carboxylic acid groups (broad SMARTS) is 1. The molecule has 0 fully saturated rings. The van der Waals surface area contributed by atoms with Crippen LogP contribution in [0.1, 0.15) is 24.0 Å². The van der Waals surface area contributed by atoms with E-state index < -0.39 is 11.5 Å². The third-order valence-electron chi connectivity index (χ3n) is 1.63. The van der Waals surface area contributed by atoms with Gasteiger partial charge in [-0.2, -0.15) is 0 Å². The Morgan fingerprint density at radius 2 is 2.46 bits per heavy atom. The van der Waals surface area contributed by atoms with Crippen molar-refractivity contribution in [2.45, 2.75) is 25.8 Å². The van der Waals surface area contributed by atoms with Crippen molar-refractivity contribution in [1.82, 2.24) is 4.98 Å². The summed E-state index contributed by atoms with van der Waals surface area (Å²) in [6, 6.07) is 0. The fourth-order valence-electron chi connectivity index (χ4n) is 1.01. The highest BCUT2D eigenvalue weighted by Crippen LogP contribution is 2.24. The van der Waals surface area contributed by atoms with Crippen molar-refractivity contribution >= 4 is 17.3 Å². The van der Waals surface area contributed by atoms with Crippen molar-refractivity contribution in [3.8, 4) is 0 Å². The van der Waals surface area contributed by atoms with Gasteiger partial charge in [0.2, 0.25) is 0 Å². The van der Waals surface area contributed by atoms with Crippen molar-refractivity contribution in [2.24, 2.45) is 5.73 Å². The van der Waals surface area contributed by atoms with Gasteiger partial charge in [-0.1, -0.05) is 0 Å². The van der Waals surface area contributed by atoms with Crippen LogP contribution in [-0.2, 0) is 10.3 Å². The lowest BCUT2D eigenvalue weighted by Crippen LogP contribution is -2.35. The molecule has 0 aromatic carbocycles. The maximum Gasteiger partial charge on any atom is 0.305 e. The molecule has 1 unspecified atom stereocenters. The molecule has 0 amide bonds. The molecule has 72 valence electrons. The van der Waals surface area contributed by atoms with Gasteiger partial charge in [-0.3, -0.25) is 4.79 Å². The number of aromatic nitrogens is 1. The SMILES string of the molecule is Cc1csc(C(C)(N)CC(=O)O)n1. The number of hydrogen-bond donors (Lipinski definition) is 2. The molecule has 0 aliphatic heterocycles. The van der Waals surface area contributed by atoms with Crippen molar-refractivity contribution in [3.63, 3.8) is 0 Å². The first kappa shape index (κ1) is 10.1. The first-order valence-electron chi connectivity index (χ1n) is 3.85. The number of carboxylic acids is 1. The monoisotopic (exact) mass is 200 g/mol. The zero-order valence-electron chi connectivity index (χ0n) is 7.57. The summed E-state index contributed by atoms with van der Waals surface area (Å²) in [6.07, 6.45) is -0.0973. The highest BCUT2D eigenvalue weighted by atomic mass is 32.1. The van der Waals surface area contributed by atoms with Crippen LogP contribution in [0, 0.1) is 6.92 Å². The van der Waals surface area contributed by atoms with Gasteiger partial charge in [0.15, 0.2) is 0 Å². The molecule has 5 heteroatoms. The zero-order chi connectivity index (χ0) is 10.1. The van der Waals surface area contributed by atoms with Crippen molar-refractivity contribution in [1.29, 1.82) is 0 Å². The van der Waals surface area contributed by atoms with Gasteiger partial charge >= 0.3 is 5.97 Å². The van der Waals surface area contributed by atoms with Crippen LogP contribution in [0.3, 0.4) is 0 Å². The molecule has 1 rings (SSSR count). The van der Waals surface area contributed by atoms with Crippen LogP contribution in [0.15, 0.2) is 5.38 Å². The molecular weight excluding hydrogens is 188 g/mol. The number of aryl methyl sites for hydroxylation is 1. The fourth-order valence-corrected chi connectivity index (χ4v) is 1.88. The minimum atomic E-state index is -0.905. The highest BCUT2D eigenvalue weighted by molar-refractivity contribution is 7.09. The normalized spacial score (nSPS) is 15.3. The number of carbonyl (C=O) groups is 1. The number of rotatable bonds is 3. The molecule has 0 aliphatic rings. The first-order valence-corrected chi connectivity index (χ1v) is 4.73. The Morgan fingerprint density at radius 1 is 1.85 bits per heavy atom. The molecule has 4 nitrogen and oxygen atoms in total. The molecule has 13 heavy (non-hydrogen) atoms. The van der Waals surface area contributed by atoms with Crippen LogP contribution in [0.4, 0.5) is 0 Å². The zero-order valence-corrected chi connectivity index (χ0v) is 8.39. The van der Waals surface area contributed by atoms with Crippen molar-refractivity contribution in [3.05, 3.63) is 16.1 Å². The second-order valence-corrected chi connectivity index (χ2v) is 4.14. The molecule has 1 aromatic heterocycles. The standard InChI is InChI=1S/C8H12N2O2S/c1-5-4-13-7(10-5)8(2,9)3-6(11)12/h4H,3,9H2,1-2H3,(H,11,12). The average molecular weight is 200 g/mol. The molecule has 0 bridgehead atoms. The Bertz CT molecular complexity index is 320. The predicted octanol–water partition coefficient (Wildman–Crippen LogP) is 1.10. The summed E-state index contributed by atoms with van der Waals surface area (Å²) in [5.41, 5.74) is 5.84. The Kier molecular flexibility index (Phi) is 2.68. The molecule has 3 N–H and O–H groups in total. The average Bonchev–Trinajstić information content (AvgIpc) is 2.32. The summed E-state index contributed by atoms with van der Waals surface area (Å²) < 4.78 is 0. The summed E-state index contributed by atoms with van der Waals surface area (Å²) in [5, 5.41) is 11.2. The number of aliphatic carboxylic acids is 1. The topological polar surface area (TPSA) is 76.2 Å². The molecule has 0 aliphatic carbocycles. The van der Waals surface area contributed by atoms with Gasteiger partial charge in [0.05, 0.1) is 12.0 Å². The van der Waals surface area contributed by atoms with E-state index in [-0.39, 0.29) is 6.42 Å². The van der Waals surface area contributed by atoms with Gasteiger partial charge < -0.3 is 10.8 Å². The van der Waals surface area contributed by atoms with E-state index in [0.29, 0.717) is 5.01 Å². The van der Waals surface area contributed by atoms with Gasteiger partial charge in [0.25, 0.3) is 0 Å². The van der Waals surface area contributed by atoms with E-state index in [1.54, 1.807) is 6.92 Å². The minimum absolute atomic E-state index is 0.0973. The third-order valence-corrected chi connectivity index (χ3v) is 2.87. The second kappa shape index (κ2) is 3.43. The van der Waals surface area contributed by atoms with Gasteiger partial charge in [-0.15, -0.1) is 11.3 Å². The Labute approximate surface area is 80.4 Å². The van der Waals surface area contributed by atoms with E-state index in [1.807, 2.05) is 12.3 Å². The Morgan fingerprint density at radius 3 is 2.85 bits per heavy atom. The number of hydrogen-bond acceptors (Lipinski definition) is 4. The van der Waals surface area contributed by atoms with Gasteiger partial charge in [0.1, 0.15) is 5.01 Å². The van der Waals surface area contributed by atoms with Gasteiger partial charge in [0, 0.05) is 11.1 Å². The Balaban J connectivity index is 2.86. The molecule has 0 radical (unpaired) electrons. The lowest BCUT2D eigenvalue weighted by molar-refractivity contribution is -0.138. The van der Waals surface area contributed by atoms with Crippen molar-refractivity contribution in [2.75, 3.05) is 0 Å². The molecule has 0 saturated heterocycles. The lowest BCUT2D eigenvalue weighted by atomic mass is 10.0. The number of thiazole rings is 1. The van der Waals surface area contributed by atoms with Crippen LogP contribution in [0.5, 0.6) is 0 Å². The number of nitrogens with zero attached hydrogens (tertiary/aromatic N) is 1. The van der Waals surface area contributed by atoms with E-state index in [4.69, 9.17) is 10.8 Å². The first-order chi connectivity index (χ1) is 5.92. The van der Waals surface area contributed by atoms with Gasteiger partial charge in [-0.25, -0.2) is 4.98 Å². The van der Waals surface area contributed by atoms with Crippen LogP contribution in [0.2, 0.25) is 0 Å². The maximum atomic E-state index is 10.5. The molecule has 1 heterocycles. The molecule has 0 spiro atoms. The van der Waals surface area contributed by atoms with Crippen LogP contribution in [-0.4, -0.2) is 16.1 Å². The quantitative estimate of drug-likeness (QED) is 0.766. The summed E-state index contributed by atoms with van der Waals surface area (Å²) in [4.78, 5) is 14.7. The predicted molar refractivity (Wildman–Crippen MR) is 50.6 cm³/mol. The summed E-state index contributed by atoms with van der Waals surface area (Å²) in [5.74, 6) is -0.905.